The number of rotatable bonds is 4. The lowest BCUT2D eigenvalue weighted by molar-refractivity contribution is -0.111. The van der Waals surface area contributed by atoms with Gasteiger partial charge in [-0.25, -0.2) is 5.01 Å². The average molecular weight is 455 g/mol. The molecule has 0 aliphatic carbocycles. The molecule has 6 heteroatoms. The van der Waals surface area contributed by atoms with E-state index in [-0.39, 0.29) is 11.9 Å². The predicted molar refractivity (Wildman–Crippen MR) is 118 cm³/mol. The Morgan fingerprint density at radius 1 is 0.929 bits per heavy atom. The maximum atomic E-state index is 12.5. The summed E-state index contributed by atoms with van der Waals surface area (Å²) in [5.74, 6) is 0.298. The normalized spacial score (nSPS) is 16.2. The molecule has 4 nitrogen and oxygen atoms in total. The van der Waals surface area contributed by atoms with Crippen LogP contribution in [0.4, 0.5) is 11.4 Å². The number of carbonyl (C=O) groups is 1. The Bertz CT molecular complexity index is 1020. The second kappa shape index (κ2) is 7.78. The molecule has 1 heterocycles. The van der Waals surface area contributed by atoms with E-state index < -0.39 is 0 Å². The standard InChI is InChI=1S/C22H17BrClN3O/c1-15(28)21-25-27(20-13-9-18(24)10-14-20)22(16-5-3-2-4-6-16)26(21)19-11-7-17(23)8-12-19/h2-14,22H,1H3/t22-/m0/s1. The minimum atomic E-state index is -0.289. The second-order valence-electron chi connectivity index (χ2n) is 6.43. The average Bonchev–Trinajstić information content (AvgIpc) is 3.11. The summed E-state index contributed by atoms with van der Waals surface area (Å²) in [5.41, 5.74) is 2.78. The fourth-order valence-corrected chi connectivity index (χ4v) is 3.63. The van der Waals surface area contributed by atoms with Crippen molar-refractivity contribution in [3.8, 4) is 0 Å². The van der Waals surface area contributed by atoms with E-state index in [0.717, 1.165) is 21.4 Å². The topological polar surface area (TPSA) is 35.9 Å². The molecular weight excluding hydrogens is 438 g/mol. The fourth-order valence-electron chi connectivity index (χ4n) is 3.24. The van der Waals surface area contributed by atoms with E-state index >= 15 is 0 Å². The Hall–Kier alpha value is -2.63. The number of Topliss-reactive ketones (excluding diaryl/α,β-unsaturated/α-hetero) is 1. The van der Waals surface area contributed by atoms with Crippen LogP contribution in [0.15, 0.2) is 88.4 Å². The molecule has 1 atom stereocenters. The van der Waals surface area contributed by atoms with Crippen molar-refractivity contribution in [3.05, 3.63) is 93.9 Å². The van der Waals surface area contributed by atoms with Gasteiger partial charge in [-0.15, -0.1) is 5.10 Å². The molecule has 0 aromatic heterocycles. The van der Waals surface area contributed by atoms with Gasteiger partial charge in [-0.1, -0.05) is 57.9 Å². The molecule has 0 unspecified atom stereocenters. The highest BCUT2D eigenvalue weighted by Gasteiger charge is 2.39. The molecule has 4 rings (SSSR count). The van der Waals surface area contributed by atoms with Crippen molar-refractivity contribution in [3.63, 3.8) is 0 Å². The predicted octanol–water partition coefficient (Wildman–Crippen LogP) is 6.03. The van der Waals surface area contributed by atoms with Gasteiger partial charge in [0.2, 0.25) is 0 Å². The molecule has 28 heavy (non-hydrogen) atoms. The van der Waals surface area contributed by atoms with E-state index in [2.05, 4.69) is 15.9 Å². The monoisotopic (exact) mass is 453 g/mol. The van der Waals surface area contributed by atoms with Crippen LogP contribution in [0, 0.1) is 0 Å². The summed E-state index contributed by atoms with van der Waals surface area (Å²) in [7, 11) is 0. The number of nitrogens with zero attached hydrogens (tertiary/aromatic N) is 3. The highest BCUT2D eigenvalue weighted by molar-refractivity contribution is 9.10. The van der Waals surface area contributed by atoms with Gasteiger partial charge in [-0.3, -0.25) is 9.69 Å². The van der Waals surface area contributed by atoms with Crippen LogP contribution >= 0.6 is 27.5 Å². The molecule has 0 amide bonds. The van der Waals surface area contributed by atoms with E-state index in [4.69, 9.17) is 16.7 Å². The van der Waals surface area contributed by atoms with E-state index in [1.807, 2.05) is 88.8 Å². The Morgan fingerprint density at radius 2 is 1.54 bits per heavy atom. The molecule has 1 aliphatic rings. The van der Waals surface area contributed by atoms with Crippen LogP contribution in [0.2, 0.25) is 5.02 Å². The molecule has 3 aromatic carbocycles. The smallest absolute Gasteiger partial charge is 0.198 e. The number of ketones is 1. The van der Waals surface area contributed by atoms with Gasteiger partial charge in [0.25, 0.3) is 0 Å². The third-order valence-electron chi connectivity index (χ3n) is 4.52. The molecular formula is C22H17BrClN3O. The van der Waals surface area contributed by atoms with Gasteiger partial charge in [0, 0.05) is 22.1 Å². The van der Waals surface area contributed by atoms with Gasteiger partial charge in [0.1, 0.15) is 0 Å². The summed E-state index contributed by atoms with van der Waals surface area (Å²) in [4.78, 5) is 14.4. The van der Waals surface area contributed by atoms with E-state index in [9.17, 15) is 4.79 Å². The van der Waals surface area contributed by atoms with Crippen molar-refractivity contribution in [1.29, 1.82) is 0 Å². The van der Waals surface area contributed by atoms with Crippen molar-refractivity contribution in [2.75, 3.05) is 9.91 Å². The zero-order chi connectivity index (χ0) is 19.7. The second-order valence-corrected chi connectivity index (χ2v) is 7.78. The van der Waals surface area contributed by atoms with E-state index in [0.29, 0.717) is 10.9 Å². The minimum Gasteiger partial charge on any atom is -0.295 e. The minimum absolute atomic E-state index is 0.0969. The molecule has 0 spiro atoms. The molecule has 0 radical (unpaired) electrons. The summed E-state index contributed by atoms with van der Waals surface area (Å²) < 4.78 is 0.975. The SMILES string of the molecule is CC(=O)C1=NN(c2ccc(Cl)cc2)[C@@H](c2ccccc2)N1c1ccc(Br)cc1. The number of carbonyl (C=O) groups excluding carboxylic acids is 1. The summed E-state index contributed by atoms with van der Waals surface area (Å²) in [5, 5.41) is 7.22. The molecule has 0 N–H and O–H groups in total. The van der Waals surface area contributed by atoms with Crippen molar-refractivity contribution in [2.24, 2.45) is 5.10 Å². The largest absolute Gasteiger partial charge is 0.295 e. The summed E-state index contributed by atoms with van der Waals surface area (Å²) in [6, 6.07) is 25.4. The first-order chi connectivity index (χ1) is 13.5. The van der Waals surface area contributed by atoms with Gasteiger partial charge >= 0.3 is 0 Å². The first kappa shape index (κ1) is 18.7. The Balaban J connectivity index is 1.88. The van der Waals surface area contributed by atoms with Crippen LogP contribution in [0.25, 0.3) is 0 Å². The van der Waals surface area contributed by atoms with Gasteiger partial charge < -0.3 is 0 Å². The lowest BCUT2D eigenvalue weighted by atomic mass is 10.1. The first-order valence-electron chi connectivity index (χ1n) is 8.79. The van der Waals surface area contributed by atoms with Crippen molar-refractivity contribution < 1.29 is 4.79 Å². The van der Waals surface area contributed by atoms with Gasteiger partial charge in [0.05, 0.1) is 5.69 Å². The molecule has 1 aliphatic heterocycles. The Kier molecular flexibility index (Phi) is 5.20. The zero-order valence-electron chi connectivity index (χ0n) is 15.1. The lowest BCUT2D eigenvalue weighted by Gasteiger charge is -2.32. The van der Waals surface area contributed by atoms with Crippen LogP contribution in [0.5, 0.6) is 0 Å². The number of hydrogen-bond donors (Lipinski definition) is 0. The number of hydrogen-bond acceptors (Lipinski definition) is 4. The van der Waals surface area contributed by atoms with Crippen LogP contribution in [-0.2, 0) is 4.79 Å². The number of amidine groups is 1. The molecule has 3 aromatic rings. The van der Waals surface area contributed by atoms with Crippen LogP contribution in [0.3, 0.4) is 0 Å². The van der Waals surface area contributed by atoms with Crippen LogP contribution in [-0.4, -0.2) is 11.6 Å². The molecule has 0 fully saturated rings. The number of hydrazone groups is 1. The Labute approximate surface area is 177 Å². The quantitative estimate of drug-likeness (QED) is 0.483. The van der Waals surface area contributed by atoms with Crippen LogP contribution in [0.1, 0.15) is 18.7 Å². The molecule has 0 saturated heterocycles. The summed E-state index contributed by atoms with van der Waals surface area (Å²) in [6.45, 7) is 1.54. The first-order valence-corrected chi connectivity index (χ1v) is 9.96. The maximum Gasteiger partial charge on any atom is 0.198 e. The highest BCUT2D eigenvalue weighted by atomic mass is 79.9. The fraction of sp³-hybridized carbons (Fsp3) is 0.0909. The van der Waals surface area contributed by atoms with Crippen molar-refractivity contribution in [2.45, 2.75) is 13.1 Å². The Morgan fingerprint density at radius 3 is 2.14 bits per heavy atom. The number of anilines is 2. The van der Waals surface area contributed by atoms with Crippen molar-refractivity contribution >= 4 is 50.5 Å². The van der Waals surface area contributed by atoms with Crippen LogP contribution < -0.4 is 9.91 Å². The zero-order valence-corrected chi connectivity index (χ0v) is 17.4. The van der Waals surface area contributed by atoms with E-state index in [1.165, 1.54) is 6.92 Å². The van der Waals surface area contributed by atoms with Gasteiger partial charge in [-0.2, -0.15) is 0 Å². The number of benzene rings is 3. The van der Waals surface area contributed by atoms with E-state index in [1.54, 1.807) is 0 Å². The molecule has 140 valence electrons. The molecule has 0 bridgehead atoms. The molecule has 0 saturated carbocycles. The van der Waals surface area contributed by atoms with Gasteiger partial charge in [-0.05, 0) is 54.1 Å². The lowest BCUT2D eigenvalue weighted by Crippen LogP contribution is -2.37. The summed E-state index contributed by atoms with van der Waals surface area (Å²) in [6.07, 6.45) is -0.289. The third kappa shape index (κ3) is 3.55. The van der Waals surface area contributed by atoms with Gasteiger partial charge in [0.15, 0.2) is 17.8 Å². The maximum absolute atomic E-state index is 12.5. The van der Waals surface area contributed by atoms with Crippen molar-refractivity contribution in [1.82, 2.24) is 0 Å². The third-order valence-corrected chi connectivity index (χ3v) is 5.30. The number of halogens is 2. The summed E-state index contributed by atoms with van der Waals surface area (Å²) >= 11 is 9.54. The highest BCUT2D eigenvalue weighted by Crippen LogP contribution is 2.39.